The van der Waals surface area contributed by atoms with Gasteiger partial charge in [0.1, 0.15) is 0 Å². The molecule has 0 spiro atoms. The third kappa shape index (κ3) is 3.92. The van der Waals surface area contributed by atoms with Crippen LogP contribution in [0, 0.1) is 5.92 Å². The summed E-state index contributed by atoms with van der Waals surface area (Å²) in [6.07, 6.45) is 4.09. The van der Waals surface area contributed by atoms with Crippen LogP contribution in [0.5, 0.6) is 0 Å². The summed E-state index contributed by atoms with van der Waals surface area (Å²) in [6.45, 7) is 5.95. The lowest BCUT2D eigenvalue weighted by Crippen LogP contribution is -2.56. The van der Waals surface area contributed by atoms with E-state index in [2.05, 4.69) is 27.6 Å². The standard InChI is InChI=1S/C12H25BrN2O2S/c1-10(2)15(4)18(16,17)14-12(9-13)7-5-6-11(3)8-12/h10-11,14H,5-9H2,1-4H3. The Morgan fingerprint density at radius 3 is 2.56 bits per heavy atom. The maximum Gasteiger partial charge on any atom is 0.279 e. The third-order valence-corrected chi connectivity index (χ3v) is 6.74. The van der Waals surface area contributed by atoms with Gasteiger partial charge >= 0.3 is 0 Å². The summed E-state index contributed by atoms with van der Waals surface area (Å²) in [5.74, 6) is 0.573. The largest absolute Gasteiger partial charge is 0.279 e. The molecule has 1 rings (SSSR count). The lowest BCUT2D eigenvalue weighted by Gasteiger charge is -2.40. The maximum absolute atomic E-state index is 12.3. The zero-order valence-corrected chi connectivity index (χ0v) is 14.1. The second kappa shape index (κ2) is 6.20. The van der Waals surface area contributed by atoms with Crippen LogP contribution in [0.2, 0.25) is 0 Å². The van der Waals surface area contributed by atoms with Gasteiger partial charge in [-0.3, -0.25) is 0 Å². The van der Waals surface area contributed by atoms with E-state index < -0.39 is 10.2 Å². The Labute approximate surface area is 120 Å². The fourth-order valence-corrected chi connectivity index (χ4v) is 4.86. The molecule has 0 aliphatic heterocycles. The molecule has 2 unspecified atom stereocenters. The molecule has 0 heterocycles. The molecule has 1 aliphatic carbocycles. The minimum absolute atomic E-state index is 0.0316. The number of nitrogens with one attached hydrogen (secondary N) is 1. The van der Waals surface area contributed by atoms with Gasteiger partial charge in [0.05, 0.1) is 0 Å². The van der Waals surface area contributed by atoms with E-state index in [0.29, 0.717) is 11.2 Å². The van der Waals surface area contributed by atoms with Gasteiger partial charge in [-0.15, -0.1) is 0 Å². The zero-order chi connectivity index (χ0) is 14.0. The van der Waals surface area contributed by atoms with Crippen LogP contribution in [0.3, 0.4) is 0 Å². The molecule has 4 nitrogen and oxygen atoms in total. The van der Waals surface area contributed by atoms with Crippen LogP contribution in [0.4, 0.5) is 0 Å². The van der Waals surface area contributed by atoms with Gasteiger partial charge in [0.15, 0.2) is 0 Å². The van der Waals surface area contributed by atoms with E-state index in [1.54, 1.807) is 7.05 Å². The van der Waals surface area contributed by atoms with Crippen molar-refractivity contribution in [2.45, 2.75) is 58.0 Å². The smallest absolute Gasteiger partial charge is 0.195 e. The van der Waals surface area contributed by atoms with E-state index in [1.807, 2.05) is 13.8 Å². The molecule has 1 aliphatic rings. The second-order valence-corrected chi connectivity index (χ2v) is 8.12. The highest BCUT2D eigenvalue weighted by Crippen LogP contribution is 2.34. The van der Waals surface area contributed by atoms with Gasteiger partial charge in [-0.05, 0) is 32.6 Å². The van der Waals surface area contributed by atoms with Crippen molar-refractivity contribution in [3.05, 3.63) is 0 Å². The second-order valence-electron chi connectivity index (χ2n) is 5.83. The molecule has 0 saturated heterocycles. The van der Waals surface area contributed by atoms with Gasteiger partial charge in [0.2, 0.25) is 0 Å². The molecule has 0 radical (unpaired) electrons. The van der Waals surface area contributed by atoms with Crippen molar-refractivity contribution in [2.24, 2.45) is 5.92 Å². The average molecular weight is 341 g/mol. The van der Waals surface area contributed by atoms with Crippen LogP contribution in [0.1, 0.15) is 46.5 Å². The van der Waals surface area contributed by atoms with Gasteiger partial charge in [0.25, 0.3) is 10.2 Å². The van der Waals surface area contributed by atoms with Crippen molar-refractivity contribution in [3.8, 4) is 0 Å². The van der Waals surface area contributed by atoms with Crippen molar-refractivity contribution >= 4 is 26.1 Å². The quantitative estimate of drug-likeness (QED) is 0.781. The molecule has 1 fully saturated rings. The summed E-state index contributed by atoms with van der Waals surface area (Å²) in [4.78, 5) is 0. The van der Waals surface area contributed by atoms with Crippen molar-refractivity contribution in [1.29, 1.82) is 0 Å². The Morgan fingerprint density at radius 1 is 1.50 bits per heavy atom. The number of nitrogens with zero attached hydrogens (tertiary/aromatic N) is 1. The topological polar surface area (TPSA) is 49.4 Å². The summed E-state index contributed by atoms with van der Waals surface area (Å²) in [5, 5.41) is 0.676. The number of alkyl halides is 1. The average Bonchev–Trinajstić information content (AvgIpc) is 2.27. The predicted molar refractivity (Wildman–Crippen MR) is 79.1 cm³/mol. The van der Waals surface area contributed by atoms with Crippen molar-refractivity contribution in [3.63, 3.8) is 0 Å². The summed E-state index contributed by atoms with van der Waals surface area (Å²) in [7, 11) is -1.77. The van der Waals surface area contributed by atoms with Crippen molar-refractivity contribution in [2.75, 3.05) is 12.4 Å². The molecule has 0 bridgehead atoms. The maximum atomic E-state index is 12.3. The molecule has 2 atom stereocenters. The molecule has 0 amide bonds. The van der Waals surface area contributed by atoms with Crippen LogP contribution in [-0.4, -0.2) is 36.7 Å². The minimum atomic E-state index is -3.40. The van der Waals surface area contributed by atoms with Crippen LogP contribution in [0.25, 0.3) is 0 Å². The normalized spacial score (nSPS) is 30.1. The Balaban J connectivity index is 2.85. The molecular weight excluding hydrogens is 316 g/mol. The molecule has 1 N–H and O–H groups in total. The molecule has 1 saturated carbocycles. The van der Waals surface area contributed by atoms with E-state index in [9.17, 15) is 8.42 Å². The molecular formula is C12H25BrN2O2S. The van der Waals surface area contributed by atoms with Crippen LogP contribution >= 0.6 is 15.9 Å². The van der Waals surface area contributed by atoms with E-state index in [-0.39, 0.29) is 11.6 Å². The van der Waals surface area contributed by atoms with Crippen LogP contribution < -0.4 is 4.72 Å². The summed E-state index contributed by atoms with van der Waals surface area (Å²) >= 11 is 3.49. The van der Waals surface area contributed by atoms with E-state index in [0.717, 1.165) is 19.3 Å². The highest BCUT2D eigenvalue weighted by Gasteiger charge is 2.38. The Hall–Kier alpha value is 0.350. The van der Waals surface area contributed by atoms with Crippen LogP contribution in [-0.2, 0) is 10.2 Å². The molecule has 0 aromatic heterocycles. The van der Waals surface area contributed by atoms with Crippen molar-refractivity contribution in [1.82, 2.24) is 9.03 Å². The molecule has 0 aromatic rings. The van der Waals surface area contributed by atoms with Gasteiger partial charge in [-0.2, -0.15) is 17.4 Å². The van der Waals surface area contributed by atoms with Gasteiger partial charge in [-0.25, -0.2) is 0 Å². The molecule has 0 aromatic carbocycles. The van der Waals surface area contributed by atoms with Gasteiger partial charge in [0, 0.05) is 24.0 Å². The Bertz CT molecular complexity index is 372. The summed E-state index contributed by atoms with van der Waals surface area (Å²) in [6, 6.07) is -0.0316. The third-order valence-electron chi connectivity index (χ3n) is 3.80. The fourth-order valence-electron chi connectivity index (χ4n) is 2.52. The number of halogens is 1. The van der Waals surface area contributed by atoms with E-state index in [1.165, 1.54) is 10.7 Å². The lowest BCUT2D eigenvalue weighted by molar-refractivity contribution is 0.236. The number of hydrogen-bond donors (Lipinski definition) is 1. The van der Waals surface area contributed by atoms with E-state index in [4.69, 9.17) is 0 Å². The molecule has 6 heteroatoms. The Morgan fingerprint density at radius 2 is 2.11 bits per heavy atom. The SMILES string of the molecule is CC1CCCC(CBr)(NS(=O)(=O)N(C)C(C)C)C1. The first kappa shape index (κ1) is 16.4. The van der Waals surface area contributed by atoms with Gasteiger partial charge < -0.3 is 0 Å². The lowest BCUT2D eigenvalue weighted by atomic mass is 9.78. The van der Waals surface area contributed by atoms with Crippen molar-refractivity contribution < 1.29 is 8.42 Å². The molecule has 18 heavy (non-hydrogen) atoms. The monoisotopic (exact) mass is 340 g/mol. The summed E-state index contributed by atoms with van der Waals surface area (Å²) < 4.78 is 28.9. The van der Waals surface area contributed by atoms with Gasteiger partial charge in [-0.1, -0.05) is 35.7 Å². The Kier molecular flexibility index (Phi) is 5.65. The van der Waals surface area contributed by atoms with E-state index >= 15 is 0 Å². The summed E-state index contributed by atoms with van der Waals surface area (Å²) in [5.41, 5.74) is -0.320. The first-order chi connectivity index (χ1) is 8.22. The first-order valence-corrected chi connectivity index (χ1v) is 9.11. The highest BCUT2D eigenvalue weighted by molar-refractivity contribution is 9.09. The number of rotatable bonds is 5. The molecule has 108 valence electrons. The van der Waals surface area contributed by atoms with Crippen LogP contribution in [0.15, 0.2) is 0 Å². The number of hydrogen-bond acceptors (Lipinski definition) is 2. The zero-order valence-electron chi connectivity index (χ0n) is 11.7. The highest BCUT2D eigenvalue weighted by atomic mass is 79.9. The fraction of sp³-hybridized carbons (Fsp3) is 1.00. The first-order valence-electron chi connectivity index (χ1n) is 6.55. The predicted octanol–water partition coefficient (Wildman–Crippen LogP) is 2.50. The minimum Gasteiger partial charge on any atom is -0.195 e.